The third kappa shape index (κ3) is 2.31. The van der Waals surface area contributed by atoms with E-state index < -0.39 is 6.10 Å². The molecule has 0 aliphatic carbocycles. The standard InChI is InChI=1S/C19H19NO3/c1-20(2)10-16(21)15-9-17-19(23-11-22-17)18-13-6-4-3-5-12(13)7-8-14(15)18/h3-9,16,21H,10-11H2,1-2H3. The van der Waals surface area contributed by atoms with Crippen molar-refractivity contribution in [2.24, 2.45) is 0 Å². The maximum Gasteiger partial charge on any atom is 0.231 e. The molecule has 0 spiro atoms. The molecule has 118 valence electrons. The van der Waals surface area contributed by atoms with Crippen LogP contribution in [0.15, 0.2) is 42.5 Å². The van der Waals surface area contributed by atoms with Gasteiger partial charge >= 0.3 is 0 Å². The van der Waals surface area contributed by atoms with E-state index in [1.54, 1.807) is 0 Å². The second-order valence-electron chi connectivity index (χ2n) is 6.19. The highest BCUT2D eigenvalue weighted by atomic mass is 16.7. The molecule has 0 bridgehead atoms. The summed E-state index contributed by atoms with van der Waals surface area (Å²) in [7, 11) is 3.90. The summed E-state index contributed by atoms with van der Waals surface area (Å²) in [5.74, 6) is 1.49. The van der Waals surface area contributed by atoms with E-state index in [2.05, 4.69) is 24.3 Å². The van der Waals surface area contributed by atoms with Crippen molar-refractivity contribution in [2.45, 2.75) is 6.10 Å². The Bertz CT molecular complexity index is 889. The Hall–Kier alpha value is -2.30. The second kappa shape index (κ2) is 5.41. The Morgan fingerprint density at radius 3 is 2.74 bits per heavy atom. The van der Waals surface area contributed by atoms with E-state index in [-0.39, 0.29) is 6.79 Å². The van der Waals surface area contributed by atoms with Crippen LogP contribution < -0.4 is 9.47 Å². The topological polar surface area (TPSA) is 41.9 Å². The molecule has 1 heterocycles. The molecule has 1 aliphatic heterocycles. The molecule has 0 amide bonds. The first-order chi connectivity index (χ1) is 11.1. The third-order valence-corrected chi connectivity index (χ3v) is 4.29. The molecule has 4 rings (SSSR count). The van der Waals surface area contributed by atoms with E-state index >= 15 is 0 Å². The van der Waals surface area contributed by atoms with Crippen molar-refractivity contribution in [3.8, 4) is 11.5 Å². The Labute approximate surface area is 134 Å². The van der Waals surface area contributed by atoms with E-state index in [0.29, 0.717) is 12.3 Å². The quantitative estimate of drug-likeness (QED) is 0.754. The summed E-state index contributed by atoms with van der Waals surface area (Å²) in [5, 5.41) is 15.0. The highest BCUT2D eigenvalue weighted by Crippen LogP contribution is 2.45. The molecule has 1 aliphatic rings. The van der Waals surface area contributed by atoms with Gasteiger partial charge in [0.25, 0.3) is 0 Å². The zero-order valence-corrected chi connectivity index (χ0v) is 13.2. The fraction of sp³-hybridized carbons (Fsp3) is 0.263. The maximum atomic E-state index is 10.7. The lowest BCUT2D eigenvalue weighted by molar-refractivity contribution is 0.139. The molecule has 0 radical (unpaired) electrons. The fourth-order valence-corrected chi connectivity index (χ4v) is 3.29. The lowest BCUT2D eigenvalue weighted by Gasteiger charge is -2.19. The maximum absolute atomic E-state index is 10.7. The van der Waals surface area contributed by atoms with Gasteiger partial charge < -0.3 is 19.5 Å². The van der Waals surface area contributed by atoms with Crippen LogP contribution in [0.4, 0.5) is 0 Å². The Morgan fingerprint density at radius 1 is 1.09 bits per heavy atom. The monoisotopic (exact) mass is 309 g/mol. The van der Waals surface area contributed by atoms with Crippen LogP contribution in [0.5, 0.6) is 11.5 Å². The SMILES string of the molecule is CN(C)CC(O)c1cc2c(c3c1ccc1ccccc13)OCO2. The van der Waals surface area contributed by atoms with Gasteiger partial charge in [-0.05, 0) is 41.9 Å². The van der Waals surface area contributed by atoms with Gasteiger partial charge in [-0.1, -0.05) is 36.4 Å². The number of hydrogen-bond acceptors (Lipinski definition) is 4. The van der Waals surface area contributed by atoms with Crippen LogP contribution in [0.25, 0.3) is 21.5 Å². The minimum absolute atomic E-state index is 0.223. The molecule has 23 heavy (non-hydrogen) atoms. The number of nitrogens with zero attached hydrogens (tertiary/aromatic N) is 1. The molecular weight excluding hydrogens is 290 g/mol. The predicted molar refractivity (Wildman–Crippen MR) is 91.1 cm³/mol. The molecule has 1 unspecified atom stereocenters. The van der Waals surface area contributed by atoms with Crippen molar-refractivity contribution in [3.05, 3.63) is 48.0 Å². The molecule has 0 saturated heterocycles. The van der Waals surface area contributed by atoms with Crippen LogP contribution in [-0.4, -0.2) is 37.4 Å². The molecule has 1 N–H and O–H groups in total. The van der Waals surface area contributed by atoms with Crippen LogP contribution in [-0.2, 0) is 0 Å². The van der Waals surface area contributed by atoms with Gasteiger partial charge in [-0.25, -0.2) is 0 Å². The number of hydrogen-bond donors (Lipinski definition) is 1. The zero-order valence-electron chi connectivity index (χ0n) is 13.2. The van der Waals surface area contributed by atoms with Gasteiger partial charge in [0.05, 0.1) is 6.10 Å². The van der Waals surface area contributed by atoms with Gasteiger partial charge in [-0.15, -0.1) is 0 Å². The first-order valence-electron chi connectivity index (χ1n) is 7.72. The first kappa shape index (κ1) is 14.3. The Morgan fingerprint density at radius 2 is 1.91 bits per heavy atom. The van der Waals surface area contributed by atoms with Crippen molar-refractivity contribution in [3.63, 3.8) is 0 Å². The highest BCUT2D eigenvalue weighted by molar-refractivity contribution is 6.12. The van der Waals surface area contributed by atoms with Gasteiger partial charge in [-0.2, -0.15) is 0 Å². The van der Waals surface area contributed by atoms with Crippen molar-refractivity contribution >= 4 is 21.5 Å². The molecule has 3 aromatic rings. The minimum Gasteiger partial charge on any atom is -0.454 e. The highest BCUT2D eigenvalue weighted by Gasteiger charge is 2.24. The number of aliphatic hydroxyl groups excluding tert-OH is 1. The van der Waals surface area contributed by atoms with Crippen LogP contribution >= 0.6 is 0 Å². The van der Waals surface area contributed by atoms with Crippen molar-refractivity contribution < 1.29 is 14.6 Å². The summed E-state index contributed by atoms with van der Waals surface area (Å²) in [6, 6.07) is 14.3. The summed E-state index contributed by atoms with van der Waals surface area (Å²) in [4.78, 5) is 1.97. The van der Waals surface area contributed by atoms with Crippen molar-refractivity contribution in [1.29, 1.82) is 0 Å². The number of fused-ring (bicyclic) bond motifs is 5. The predicted octanol–water partition coefficient (Wildman–Crippen LogP) is 3.32. The molecule has 1 atom stereocenters. The van der Waals surface area contributed by atoms with Gasteiger partial charge in [-0.3, -0.25) is 0 Å². The summed E-state index contributed by atoms with van der Waals surface area (Å²) in [6.07, 6.45) is -0.580. The van der Waals surface area contributed by atoms with E-state index in [1.165, 1.54) is 0 Å². The second-order valence-corrected chi connectivity index (χ2v) is 6.19. The summed E-state index contributed by atoms with van der Waals surface area (Å²) in [6.45, 7) is 0.780. The number of benzene rings is 3. The number of rotatable bonds is 3. The van der Waals surface area contributed by atoms with E-state index in [4.69, 9.17) is 9.47 Å². The zero-order chi connectivity index (χ0) is 16.0. The molecule has 4 nitrogen and oxygen atoms in total. The molecule has 0 fully saturated rings. The van der Waals surface area contributed by atoms with Crippen molar-refractivity contribution in [1.82, 2.24) is 4.90 Å². The van der Waals surface area contributed by atoms with Gasteiger partial charge in [0.1, 0.15) is 0 Å². The summed E-state index contributed by atoms with van der Waals surface area (Å²) >= 11 is 0. The van der Waals surface area contributed by atoms with E-state index in [1.807, 2.05) is 37.2 Å². The lowest BCUT2D eigenvalue weighted by Crippen LogP contribution is -2.20. The Kier molecular flexibility index (Phi) is 3.36. The molecule has 0 saturated carbocycles. The largest absolute Gasteiger partial charge is 0.454 e. The normalized spacial score (nSPS) is 14.8. The summed E-state index contributed by atoms with van der Waals surface area (Å²) in [5.41, 5.74) is 0.878. The smallest absolute Gasteiger partial charge is 0.231 e. The third-order valence-electron chi connectivity index (χ3n) is 4.29. The fourth-order valence-electron chi connectivity index (χ4n) is 3.29. The molecular formula is C19H19NO3. The first-order valence-corrected chi connectivity index (χ1v) is 7.72. The van der Waals surface area contributed by atoms with Crippen LogP contribution in [0.1, 0.15) is 11.7 Å². The molecule has 4 heteroatoms. The van der Waals surface area contributed by atoms with E-state index in [9.17, 15) is 5.11 Å². The van der Waals surface area contributed by atoms with Gasteiger partial charge in [0.2, 0.25) is 6.79 Å². The number of aliphatic hydroxyl groups is 1. The average molecular weight is 309 g/mol. The lowest BCUT2D eigenvalue weighted by atomic mass is 9.94. The van der Waals surface area contributed by atoms with Crippen LogP contribution in [0.2, 0.25) is 0 Å². The van der Waals surface area contributed by atoms with Crippen LogP contribution in [0, 0.1) is 0 Å². The summed E-state index contributed by atoms with van der Waals surface area (Å²) < 4.78 is 11.3. The molecule has 0 aromatic heterocycles. The number of likely N-dealkylation sites (N-methyl/N-ethyl adjacent to an activating group) is 1. The van der Waals surface area contributed by atoms with Crippen LogP contribution in [0.3, 0.4) is 0 Å². The average Bonchev–Trinajstić information content (AvgIpc) is 3.01. The van der Waals surface area contributed by atoms with Gasteiger partial charge in [0, 0.05) is 11.9 Å². The van der Waals surface area contributed by atoms with E-state index in [0.717, 1.165) is 32.9 Å². The number of ether oxygens (including phenoxy) is 2. The van der Waals surface area contributed by atoms with Gasteiger partial charge in [0.15, 0.2) is 11.5 Å². The molecule has 3 aromatic carbocycles. The van der Waals surface area contributed by atoms with Crippen molar-refractivity contribution in [2.75, 3.05) is 27.4 Å². The minimum atomic E-state index is -0.580. The Balaban J connectivity index is 2.05.